The Hall–Kier alpha value is -2.52. The van der Waals surface area contributed by atoms with E-state index in [9.17, 15) is 4.79 Å². The molecule has 1 amide bonds. The summed E-state index contributed by atoms with van der Waals surface area (Å²) in [7, 11) is 0. The fourth-order valence-corrected chi connectivity index (χ4v) is 4.62. The Labute approximate surface area is 151 Å². The van der Waals surface area contributed by atoms with Crippen molar-refractivity contribution in [2.75, 3.05) is 31.1 Å². The third-order valence-corrected chi connectivity index (χ3v) is 6.02. The number of anilines is 1. The number of benzene rings is 1. The first-order valence-corrected chi connectivity index (χ1v) is 9.27. The summed E-state index contributed by atoms with van der Waals surface area (Å²) in [4.78, 5) is 22.5. The van der Waals surface area contributed by atoms with Gasteiger partial charge in [-0.05, 0) is 30.2 Å². The van der Waals surface area contributed by atoms with Gasteiger partial charge in [0, 0.05) is 37.3 Å². The van der Waals surface area contributed by atoms with E-state index in [1.54, 1.807) is 30.1 Å². The minimum absolute atomic E-state index is 0.00370. The number of pyridine rings is 1. The van der Waals surface area contributed by atoms with Gasteiger partial charge in [0.05, 0.1) is 16.9 Å². The number of aromatic nitrogens is 1. The minimum atomic E-state index is 0.00370. The highest BCUT2D eigenvalue weighted by molar-refractivity contribution is 8.01. The lowest BCUT2D eigenvalue weighted by Crippen LogP contribution is -2.51. The van der Waals surface area contributed by atoms with Gasteiger partial charge in [-0.15, -0.1) is 11.8 Å². The molecular formula is C19H18N4OS. The van der Waals surface area contributed by atoms with E-state index in [-0.39, 0.29) is 11.2 Å². The van der Waals surface area contributed by atoms with Crippen molar-refractivity contribution in [2.45, 2.75) is 16.6 Å². The number of nitriles is 1. The first-order chi connectivity index (χ1) is 12.2. The molecule has 5 nitrogen and oxygen atoms in total. The number of hydrogen-bond acceptors (Lipinski definition) is 5. The Balaban J connectivity index is 1.37. The van der Waals surface area contributed by atoms with Crippen molar-refractivity contribution in [3.05, 3.63) is 53.7 Å². The number of rotatable bonds is 2. The van der Waals surface area contributed by atoms with Crippen LogP contribution in [-0.2, 0) is 11.2 Å². The summed E-state index contributed by atoms with van der Waals surface area (Å²) in [6.07, 6.45) is 2.49. The summed E-state index contributed by atoms with van der Waals surface area (Å²) in [5.74, 6) is 1.05. The lowest BCUT2D eigenvalue weighted by molar-refractivity contribution is -0.130. The van der Waals surface area contributed by atoms with Crippen LogP contribution in [0.15, 0.2) is 47.5 Å². The van der Waals surface area contributed by atoms with Crippen LogP contribution in [0.25, 0.3) is 0 Å². The Morgan fingerprint density at radius 1 is 1.20 bits per heavy atom. The second kappa shape index (κ2) is 6.77. The molecular weight excluding hydrogens is 332 g/mol. The van der Waals surface area contributed by atoms with Gasteiger partial charge in [-0.2, -0.15) is 5.26 Å². The maximum absolute atomic E-state index is 12.8. The summed E-state index contributed by atoms with van der Waals surface area (Å²) in [5.41, 5.74) is 1.89. The highest BCUT2D eigenvalue weighted by Gasteiger charge is 2.32. The molecule has 4 rings (SSSR count). The molecule has 126 valence electrons. The highest BCUT2D eigenvalue weighted by atomic mass is 32.2. The second-order valence-corrected chi connectivity index (χ2v) is 7.49. The predicted molar refractivity (Wildman–Crippen MR) is 97.5 cm³/mol. The van der Waals surface area contributed by atoms with Crippen LogP contribution < -0.4 is 4.90 Å². The van der Waals surface area contributed by atoms with Gasteiger partial charge >= 0.3 is 0 Å². The van der Waals surface area contributed by atoms with Crippen LogP contribution in [0, 0.1) is 11.3 Å². The Bertz CT molecular complexity index is 814. The summed E-state index contributed by atoms with van der Waals surface area (Å²) >= 11 is 1.69. The Morgan fingerprint density at radius 2 is 2.00 bits per heavy atom. The molecule has 0 spiro atoms. The fourth-order valence-electron chi connectivity index (χ4n) is 3.34. The molecule has 2 aromatic rings. The lowest BCUT2D eigenvalue weighted by atomic mass is 10.1. The molecule has 6 heteroatoms. The fraction of sp³-hybridized carbons (Fsp3) is 0.316. The first-order valence-electron chi connectivity index (χ1n) is 8.39. The van der Waals surface area contributed by atoms with E-state index in [0.29, 0.717) is 18.7 Å². The number of amides is 1. The molecule has 0 bridgehead atoms. The number of fused-ring (bicyclic) bond motifs is 1. The monoisotopic (exact) mass is 350 g/mol. The van der Waals surface area contributed by atoms with Gasteiger partial charge in [0.1, 0.15) is 5.82 Å². The standard InChI is InChI=1S/C19H18N4OS/c20-13-14-5-6-21-18(11-14)22-7-9-23(10-8-22)19(24)17-12-15-3-1-2-4-16(15)25-17/h1-6,11,17H,7-10,12H2. The van der Waals surface area contributed by atoms with Crippen molar-refractivity contribution < 1.29 is 4.79 Å². The van der Waals surface area contributed by atoms with Crippen molar-refractivity contribution in [1.29, 1.82) is 5.26 Å². The molecule has 1 aromatic heterocycles. The Morgan fingerprint density at radius 3 is 2.76 bits per heavy atom. The quantitative estimate of drug-likeness (QED) is 0.832. The van der Waals surface area contributed by atoms with Gasteiger partial charge < -0.3 is 9.80 Å². The van der Waals surface area contributed by atoms with E-state index >= 15 is 0 Å². The van der Waals surface area contributed by atoms with Gasteiger partial charge in [0.15, 0.2) is 0 Å². The van der Waals surface area contributed by atoms with Gasteiger partial charge in [-0.3, -0.25) is 4.79 Å². The molecule has 1 saturated heterocycles. The van der Waals surface area contributed by atoms with Gasteiger partial charge in [0.2, 0.25) is 5.91 Å². The van der Waals surface area contributed by atoms with E-state index in [1.807, 2.05) is 17.0 Å². The molecule has 0 saturated carbocycles. The zero-order valence-corrected chi connectivity index (χ0v) is 14.6. The number of hydrogen-bond donors (Lipinski definition) is 0. The van der Waals surface area contributed by atoms with Crippen molar-refractivity contribution in [3.63, 3.8) is 0 Å². The number of thioether (sulfide) groups is 1. The first kappa shape index (κ1) is 16.0. The van der Waals surface area contributed by atoms with E-state index in [4.69, 9.17) is 5.26 Å². The predicted octanol–water partition coefficient (Wildman–Crippen LogP) is 2.32. The molecule has 1 atom stereocenters. The topological polar surface area (TPSA) is 60.2 Å². The minimum Gasteiger partial charge on any atom is -0.353 e. The van der Waals surface area contributed by atoms with Gasteiger partial charge in [0.25, 0.3) is 0 Å². The van der Waals surface area contributed by atoms with Crippen LogP contribution in [0.4, 0.5) is 5.82 Å². The summed E-state index contributed by atoms with van der Waals surface area (Å²) in [6, 6.07) is 13.9. The van der Waals surface area contributed by atoms with Crippen molar-refractivity contribution >= 4 is 23.5 Å². The second-order valence-electron chi connectivity index (χ2n) is 6.25. The van der Waals surface area contributed by atoms with Crippen molar-refractivity contribution in [2.24, 2.45) is 0 Å². The third kappa shape index (κ3) is 3.20. The van der Waals surface area contributed by atoms with Crippen LogP contribution in [0.5, 0.6) is 0 Å². The molecule has 1 fully saturated rings. The zero-order valence-electron chi connectivity index (χ0n) is 13.8. The molecule has 2 aliphatic rings. The van der Waals surface area contributed by atoms with Crippen LogP contribution in [-0.4, -0.2) is 47.2 Å². The molecule has 1 unspecified atom stereocenters. The maximum atomic E-state index is 12.8. The van der Waals surface area contributed by atoms with Gasteiger partial charge in [-0.1, -0.05) is 18.2 Å². The molecule has 1 aromatic carbocycles. The molecule has 3 heterocycles. The summed E-state index contributed by atoms with van der Waals surface area (Å²) in [5, 5.41) is 9.02. The van der Waals surface area contributed by atoms with Crippen molar-refractivity contribution in [1.82, 2.24) is 9.88 Å². The van der Waals surface area contributed by atoms with Crippen LogP contribution in [0.2, 0.25) is 0 Å². The molecule has 0 N–H and O–H groups in total. The molecule has 0 aliphatic carbocycles. The van der Waals surface area contributed by atoms with E-state index in [2.05, 4.69) is 28.1 Å². The summed E-state index contributed by atoms with van der Waals surface area (Å²) < 4.78 is 0. The highest BCUT2D eigenvalue weighted by Crippen LogP contribution is 2.37. The summed E-state index contributed by atoms with van der Waals surface area (Å²) in [6.45, 7) is 2.89. The smallest absolute Gasteiger partial charge is 0.236 e. The third-order valence-electron chi connectivity index (χ3n) is 4.71. The van der Waals surface area contributed by atoms with Crippen molar-refractivity contribution in [3.8, 4) is 6.07 Å². The molecule has 25 heavy (non-hydrogen) atoms. The van der Waals surface area contributed by atoms with E-state index in [0.717, 1.165) is 25.3 Å². The number of nitrogens with zero attached hydrogens (tertiary/aromatic N) is 4. The molecule has 2 aliphatic heterocycles. The largest absolute Gasteiger partial charge is 0.353 e. The van der Waals surface area contributed by atoms with Gasteiger partial charge in [-0.25, -0.2) is 4.98 Å². The normalized spacial score (nSPS) is 19.4. The number of piperazine rings is 1. The number of carbonyl (C=O) groups excluding carboxylic acids is 1. The average Bonchev–Trinajstić information content (AvgIpc) is 3.12. The van der Waals surface area contributed by atoms with E-state index in [1.165, 1.54) is 10.5 Å². The lowest BCUT2D eigenvalue weighted by Gasteiger charge is -2.36. The SMILES string of the molecule is N#Cc1ccnc(N2CCN(C(=O)C3Cc4ccccc4S3)CC2)c1. The molecule has 0 radical (unpaired) electrons. The zero-order chi connectivity index (χ0) is 17.2. The Kier molecular flexibility index (Phi) is 4.33. The van der Waals surface area contributed by atoms with E-state index < -0.39 is 0 Å². The average molecular weight is 350 g/mol. The van der Waals surface area contributed by atoms with Crippen LogP contribution in [0.1, 0.15) is 11.1 Å². The van der Waals surface area contributed by atoms with Crippen LogP contribution >= 0.6 is 11.8 Å². The number of carbonyl (C=O) groups is 1. The van der Waals surface area contributed by atoms with Crippen LogP contribution in [0.3, 0.4) is 0 Å². The maximum Gasteiger partial charge on any atom is 0.236 e.